The van der Waals surface area contributed by atoms with Crippen LogP contribution in [0.25, 0.3) is 0 Å². The third kappa shape index (κ3) is 5.11. The molecule has 0 saturated carbocycles. The molecule has 0 spiro atoms. The number of hydrogen-bond acceptors (Lipinski definition) is 4. The molecule has 0 radical (unpaired) electrons. The van der Waals surface area contributed by atoms with E-state index in [-0.39, 0.29) is 12.6 Å². The molecule has 1 amide bonds. The van der Waals surface area contributed by atoms with Crippen LogP contribution in [0.3, 0.4) is 0 Å². The van der Waals surface area contributed by atoms with Crippen molar-refractivity contribution in [3.05, 3.63) is 35.6 Å². The van der Waals surface area contributed by atoms with Gasteiger partial charge < -0.3 is 19.9 Å². The van der Waals surface area contributed by atoms with Gasteiger partial charge in [0.05, 0.1) is 6.61 Å². The number of benzene rings is 1. The number of ether oxygens (including phenoxy) is 3. The lowest BCUT2D eigenvalue weighted by Gasteiger charge is -2.17. The van der Waals surface area contributed by atoms with E-state index in [4.69, 9.17) is 19.9 Å². The van der Waals surface area contributed by atoms with E-state index in [1.165, 1.54) is 19.2 Å². The van der Waals surface area contributed by atoms with Crippen LogP contribution in [0.4, 0.5) is 9.18 Å². The highest BCUT2D eigenvalue weighted by Crippen LogP contribution is 2.21. The average molecular weight is 257 g/mol. The van der Waals surface area contributed by atoms with Gasteiger partial charge in [0.25, 0.3) is 0 Å². The second-order valence-electron chi connectivity index (χ2n) is 3.58. The largest absolute Gasteiger partial charge is 0.441 e. The molecule has 0 saturated heterocycles. The van der Waals surface area contributed by atoms with Crippen molar-refractivity contribution in [3.63, 3.8) is 0 Å². The molecule has 2 N–H and O–H groups in total. The average Bonchev–Trinajstić information content (AvgIpc) is 2.34. The van der Waals surface area contributed by atoms with E-state index in [0.29, 0.717) is 18.6 Å². The third-order valence-electron chi connectivity index (χ3n) is 2.23. The molecule has 1 aromatic carbocycles. The van der Waals surface area contributed by atoms with E-state index in [2.05, 4.69) is 0 Å². The smallest absolute Gasteiger partial charge is 0.405 e. The molecule has 0 bridgehead atoms. The molecule has 1 atom stereocenters. The van der Waals surface area contributed by atoms with Crippen LogP contribution in [0, 0.1) is 5.82 Å². The molecular formula is C12H16FNO4. The summed E-state index contributed by atoms with van der Waals surface area (Å²) >= 11 is 0. The zero-order chi connectivity index (χ0) is 13.4. The number of rotatable bonds is 7. The molecule has 0 aliphatic carbocycles. The Labute approximate surface area is 105 Å². The van der Waals surface area contributed by atoms with Gasteiger partial charge in [-0.25, -0.2) is 9.18 Å². The fourth-order valence-corrected chi connectivity index (χ4v) is 1.44. The molecule has 6 heteroatoms. The van der Waals surface area contributed by atoms with Gasteiger partial charge in [-0.3, -0.25) is 0 Å². The predicted octanol–water partition coefficient (Wildman–Crippen LogP) is 1.97. The summed E-state index contributed by atoms with van der Waals surface area (Å²) in [4.78, 5) is 10.8. The lowest BCUT2D eigenvalue weighted by Crippen LogP contribution is -2.19. The monoisotopic (exact) mass is 257 g/mol. The Morgan fingerprint density at radius 1 is 1.39 bits per heavy atom. The molecular weight excluding hydrogens is 241 g/mol. The Hall–Kier alpha value is -1.66. The van der Waals surface area contributed by atoms with Crippen molar-refractivity contribution in [1.82, 2.24) is 0 Å². The molecule has 0 heterocycles. The summed E-state index contributed by atoms with van der Waals surface area (Å²) in [6, 6.07) is 5.67. The van der Waals surface area contributed by atoms with Crippen LogP contribution >= 0.6 is 0 Å². The van der Waals surface area contributed by atoms with Gasteiger partial charge in [0.15, 0.2) is 0 Å². The molecule has 0 aliphatic heterocycles. The standard InChI is InChI=1S/C12H16FNO4/c1-16-8-17-7-6-11(18-12(14)15)9-2-4-10(13)5-3-9/h2-5,11H,6-8H2,1H3,(H2,14,15)/t11-/m0/s1. The van der Waals surface area contributed by atoms with Gasteiger partial charge in [0.2, 0.25) is 0 Å². The van der Waals surface area contributed by atoms with Crippen LogP contribution in [0.15, 0.2) is 24.3 Å². The van der Waals surface area contributed by atoms with Crippen LogP contribution in [0.2, 0.25) is 0 Å². The molecule has 0 aromatic heterocycles. The lowest BCUT2D eigenvalue weighted by atomic mass is 10.1. The quantitative estimate of drug-likeness (QED) is 0.599. The second-order valence-corrected chi connectivity index (χ2v) is 3.58. The van der Waals surface area contributed by atoms with E-state index >= 15 is 0 Å². The first kappa shape index (κ1) is 14.4. The van der Waals surface area contributed by atoms with Crippen molar-refractivity contribution in [2.24, 2.45) is 5.73 Å². The van der Waals surface area contributed by atoms with E-state index in [1.54, 1.807) is 12.1 Å². The maximum Gasteiger partial charge on any atom is 0.405 e. The number of nitrogens with two attached hydrogens (primary N) is 1. The number of amides is 1. The Kier molecular flexibility index (Phi) is 6.10. The normalized spacial score (nSPS) is 12.1. The summed E-state index contributed by atoms with van der Waals surface area (Å²) in [5.74, 6) is -0.354. The topological polar surface area (TPSA) is 70.8 Å². The first-order chi connectivity index (χ1) is 8.63. The zero-order valence-corrected chi connectivity index (χ0v) is 10.1. The number of carbonyl (C=O) groups is 1. The molecule has 5 nitrogen and oxygen atoms in total. The van der Waals surface area contributed by atoms with Crippen LogP contribution < -0.4 is 5.73 Å². The summed E-state index contributed by atoms with van der Waals surface area (Å²) < 4.78 is 27.6. The Morgan fingerprint density at radius 3 is 2.61 bits per heavy atom. The van der Waals surface area contributed by atoms with Crippen molar-refractivity contribution in [2.75, 3.05) is 20.5 Å². The van der Waals surface area contributed by atoms with E-state index < -0.39 is 12.2 Å². The molecule has 0 aliphatic rings. The minimum absolute atomic E-state index is 0.159. The van der Waals surface area contributed by atoms with Crippen molar-refractivity contribution in [3.8, 4) is 0 Å². The summed E-state index contributed by atoms with van der Waals surface area (Å²) in [6.45, 7) is 0.496. The van der Waals surface area contributed by atoms with Gasteiger partial charge in [-0.1, -0.05) is 12.1 Å². The number of primary amides is 1. The molecule has 0 unspecified atom stereocenters. The van der Waals surface area contributed by atoms with Gasteiger partial charge in [0.1, 0.15) is 18.7 Å². The van der Waals surface area contributed by atoms with Crippen LogP contribution in [-0.4, -0.2) is 26.6 Å². The Morgan fingerprint density at radius 2 is 2.06 bits per heavy atom. The number of halogens is 1. The van der Waals surface area contributed by atoms with Gasteiger partial charge in [0, 0.05) is 13.5 Å². The third-order valence-corrected chi connectivity index (χ3v) is 2.23. The molecule has 1 rings (SSSR count). The van der Waals surface area contributed by atoms with E-state index in [9.17, 15) is 9.18 Å². The minimum Gasteiger partial charge on any atom is -0.441 e. The van der Waals surface area contributed by atoms with Crippen molar-refractivity contribution < 1.29 is 23.4 Å². The molecule has 100 valence electrons. The first-order valence-corrected chi connectivity index (χ1v) is 5.41. The lowest BCUT2D eigenvalue weighted by molar-refractivity contribution is -0.0407. The minimum atomic E-state index is -0.879. The first-order valence-electron chi connectivity index (χ1n) is 5.41. The summed E-state index contributed by atoms with van der Waals surface area (Å²) in [7, 11) is 1.51. The van der Waals surface area contributed by atoms with Gasteiger partial charge in [-0.05, 0) is 17.7 Å². The van der Waals surface area contributed by atoms with Gasteiger partial charge >= 0.3 is 6.09 Å². The maximum atomic E-state index is 12.8. The van der Waals surface area contributed by atoms with E-state index in [1.807, 2.05) is 0 Å². The fourth-order valence-electron chi connectivity index (χ4n) is 1.44. The van der Waals surface area contributed by atoms with Crippen molar-refractivity contribution >= 4 is 6.09 Å². The fraction of sp³-hybridized carbons (Fsp3) is 0.417. The summed E-state index contributed by atoms with van der Waals surface area (Å²) in [5, 5.41) is 0. The SMILES string of the molecule is COCOCC[C@H](OC(N)=O)c1ccc(F)cc1. The van der Waals surface area contributed by atoms with Crippen molar-refractivity contribution in [1.29, 1.82) is 0 Å². The molecule has 18 heavy (non-hydrogen) atoms. The van der Waals surface area contributed by atoms with Gasteiger partial charge in [-0.2, -0.15) is 0 Å². The van der Waals surface area contributed by atoms with Crippen LogP contribution in [0.5, 0.6) is 0 Å². The number of methoxy groups -OCH3 is 1. The predicted molar refractivity (Wildman–Crippen MR) is 62.3 cm³/mol. The zero-order valence-electron chi connectivity index (χ0n) is 10.1. The number of carbonyl (C=O) groups excluding carboxylic acids is 1. The van der Waals surface area contributed by atoms with Gasteiger partial charge in [-0.15, -0.1) is 0 Å². The maximum absolute atomic E-state index is 12.8. The molecule has 0 fully saturated rings. The highest BCUT2D eigenvalue weighted by molar-refractivity contribution is 5.65. The second kappa shape index (κ2) is 7.62. The molecule has 1 aromatic rings. The van der Waals surface area contributed by atoms with Crippen LogP contribution in [0.1, 0.15) is 18.1 Å². The summed E-state index contributed by atoms with van der Waals surface area (Å²) in [6.07, 6.45) is -1.02. The highest BCUT2D eigenvalue weighted by atomic mass is 19.1. The highest BCUT2D eigenvalue weighted by Gasteiger charge is 2.15. The van der Waals surface area contributed by atoms with Crippen molar-refractivity contribution in [2.45, 2.75) is 12.5 Å². The number of hydrogen-bond donors (Lipinski definition) is 1. The Balaban J connectivity index is 2.59. The van der Waals surface area contributed by atoms with Crippen LogP contribution in [-0.2, 0) is 14.2 Å². The summed E-state index contributed by atoms with van der Waals surface area (Å²) in [5.41, 5.74) is 5.65. The van der Waals surface area contributed by atoms with E-state index in [0.717, 1.165) is 0 Å². The Bertz CT molecular complexity index is 369.